The van der Waals surface area contributed by atoms with Gasteiger partial charge in [-0.15, -0.1) is 0 Å². The molecule has 0 radical (unpaired) electrons. The lowest BCUT2D eigenvalue weighted by molar-refractivity contribution is -0.118. The number of likely N-dealkylation sites (tertiary alicyclic amines) is 1. The largest absolute Gasteiger partial charge is 0.381 e. The number of hydrogen-bond donors (Lipinski definition) is 1. The maximum atomic E-state index is 11.2. The second-order valence-electron chi connectivity index (χ2n) is 7.97. The molecule has 1 spiro atoms. The number of nitrogens with two attached hydrogens (primary N) is 1. The molecule has 0 bridgehead atoms. The number of amides is 1. The molecule has 3 heterocycles. The van der Waals surface area contributed by atoms with Crippen LogP contribution in [0.2, 0.25) is 0 Å². The molecule has 0 unspecified atom stereocenters. The van der Waals surface area contributed by atoms with E-state index in [1.165, 1.54) is 55.2 Å². The van der Waals surface area contributed by atoms with Crippen LogP contribution in [0.25, 0.3) is 10.9 Å². The summed E-state index contributed by atoms with van der Waals surface area (Å²) in [6.07, 6.45) is 7.63. The fraction of sp³-hybridized carbons (Fsp3) is 0.571. The van der Waals surface area contributed by atoms with Crippen molar-refractivity contribution in [3.63, 3.8) is 0 Å². The van der Waals surface area contributed by atoms with Crippen molar-refractivity contribution in [2.75, 3.05) is 26.3 Å². The monoisotopic (exact) mass is 355 g/mol. The van der Waals surface area contributed by atoms with Gasteiger partial charge in [-0.2, -0.15) is 0 Å². The van der Waals surface area contributed by atoms with Gasteiger partial charge in [-0.05, 0) is 55.8 Å². The summed E-state index contributed by atoms with van der Waals surface area (Å²) in [6, 6.07) is 8.47. The molecule has 2 saturated heterocycles. The zero-order valence-corrected chi connectivity index (χ0v) is 15.5. The van der Waals surface area contributed by atoms with Gasteiger partial charge in [-0.1, -0.05) is 18.2 Å². The van der Waals surface area contributed by atoms with Crippen molar-refractivity contribution in [3.05, 3.63) is 36.0 Å². The second kappa shape index (κ2) is 7.41. The number of para-hydroxylation sites is 1. The van der Waals surface area contributed by atoms with Crippen LogP contribution >= 0.6 is 0 Å². The van der Waals surface area contributed by atoms with E-state index in [0.29, 0.717) is 18.4 Å². The lowest BCUT2D eigenvalue weighted by Crippen LogP contribution is -2.42. The zero-order chi connectivity index (χ0) is 18.0. The average molecular weight is 355 g/mol. The zero-order valence-electron chi connectivity index (χ0n) is 15.5. The number of rotatable bonds is 5. The molecule has 2 aliphatic rings. The van der Waals surface area contributed by atoms with Gasteiger partial charge in [-0.3, -0.25) is 9.69 Å². The normalized spacial score (nSPS) is 20.6. The van der Waals surface area contributed by atoms with Gasteiger partial charge in [0.1, 0.15) is 0 Å². The fourth-order valence-electron chi connectivity index (χ4n) is 4.60. The smallest absolute Gasteiger partial charge is 0.219 e. The number of piperidine rings is 1. The highest BCUT2D eigenvalue weighted by Crippen LogP contribution is 2.41. The van der Waals surface area contributed by atoms with Crippen molar-refractivity contribution in [1.82, 2.24) is 9.47 Å². The molecule has 5 nitrogen and oxygen atoms in total. The van der Waals surface area contributed by atoms with E-state index in [-0.39, 0.29) is 5.91 Å². The molecule has 1 amide bonds. The first kappa shape index (κ1) is 17.6. The third-order valence-corrected chi connectivity index (χ3v) is 6.33. The molecule has 0 aliphatic carbocycles. The Labute approximate surface area is 155 Å². The Morgan fingerprint density at radius 3 is 2.58 bits per heavy atom. The topological polar surface area (TPSA) is 60.5 Å². The van der Waals surface area contributed by atoms with Crippen molar-refractivity contribution in [3.8, 4) is 0 Å². The fourth-order valence-corrected chi connectivity index (χ4v) is 4.60. The summed E-state index contributed by atoms with van der Waals surface area (Å²) < 4.78 is 7.74. The van der Waals surface area contributed by atoms with Crippen LogP contribution in [0.5, 0.6) is 0 Å². The summed E-state index contributed by atoms with van der Waals surface area (Å²) in [5.74, 6) is -0.248. The molecule has 2 N–H and O–H groups in total. The maximum Gasteiger partial charge on any atom is 0.219 e. The van der Waals surface area contributed by atoms with E-state index >= 15 is 0 Å². The number of hydrogen-bond acceptors (Lipinski definition) is 3. The van der Waals surface area contributed by atoms with Crippen LogP contribution in [0.3, 0.4) is 0 Å². The van der Waals surface area contributed by atoms with Crippen LogP contribution in [0.4, 0.5) is 0 Å². The van der Waals surface area contributed by atoms with Gasteiger partial charge in [-0.25, -0.2) is 0 Å². The SMILES string of the molecule is NC(=O)CCn1cc(CN2CCC3(CCOCC3)CC2)c2ccccc21. The molecule has 5 heteroatoms. The first-order valence-corrected chi connectivity index (χ1v) is 9.80. The Balaban J connectivity index is 1.46. The van der Waals surface area contributed by atoms with Gasteiger partial charge in [0.25, 0.3) is 0 Å². The highest BCUT2D eigenvalue weighted by atomic mass is 16.5. The molecular weight excluding hydrogens is 326 g/mol. The van der Waals surface area contributed by atoms with Crippen LogP contribution in [0.15, 0.2) is 30.5 Å². The molecule has 2 aliphatic heterocycles. The molecule has 1 aromatic heterocycles. The van der Waals surface area contributed by atoms with Crippen LogP contribution in [-0.4, -0.2) is 41.7 Å². The van der Waals surface area contributed by atoms with Gasteiger partial charge >= 0.3 is 0 Å². The Hall–Kier alpha value is -1.85. The van der Waals surface area contributed by atoms with E-state index in [1.807, 2.05) is 0 Å². The van der Waals surface area contributed by atoms with Crippen molar-refractivity contribution in [2.24, 2.45) is 11.1 Å². The number of carbonyl (C=O) groups is 1. The van der Waals surface area contributed by atoms with E-state index in [9.17, 15) is 4.79 Å². The molecule has 4 rings (SSSR count). The molecule has 140 valence electrons. The van der Waals surface area contributed by atoms with Crippen LogP contribution in [0, 0.1) is 5.41 Å². The predicted octanol–water partition coefficient (Wildman–Crippen LogP) is 2.91. The standard InChI is InChI=1S/C21H29N3O2/c22-20(25)5-10-24-16-17(18-3-1-2-4-19(18)24)15-23-11-6-21(7-12-23)8-13-26-14-9-21/h1-4,16H,5-15H2,(H2,22,25). The van der Waals surface area contributed by atoms with E-state index in [4.69, 9.17) is 10.5 Å². The molecule has 26 heavy (non-hydrogen) atoms. The molecule has 2 aromatic rings. The van der Waals surface area contributed by atoms with E-state index < -0.39 is 0 Å². The number of benzene rings is 1. The number of carbonyl (C=O) groups excluding carboxylic acids is 1. The van der Waals surface area contributed by atoms with Crippen molar-refractivity contribution < 1.29 is 9.53 Å². The third-order valence-electron chi connectivity index (χ3n) is 6.33. The summed E-state index contributed by atoms with van der Waals surface area (Å²) in [6.45, 7) is 5.85. The van der Waals surface area contributed by atoms with Crippen LogP contribution in [-0.2, 0) is 22.6 Å². The average Bonchev–Trinajstić information content (AvgIpc) is 3.01. The van der Waals surface area contributed by atoms with Gasteiger partial charge in [0.2, 0.25) is 5.91 Å². The Bertz CT molecular complexity index is 767. The lowest BCUT2D eigenvalue weighted by atomic mass is 9.72. The number of nitrogens with zero attached hydrogens (tertiary/aromatic N) is 2. The summed E-state index contributed by atoms with van der Waals surface area (Å²) in [5.41, 5.74) is 8.42. The number of primary amides is 1. The molecule has 2 fully saturated rings. The van der Waals surface area contributed by atoms with E-state index in [1.54, 1.807) is 0 Å². The minimum atomic E-state index is -0.248. The Morgan fingerprint density at radius 2 is 1.85 bits per heavy atom. The second-order valence-corrected chi connectivity index (χ2v) is 7.97. The van der Waals surface area contributed by atoms with Crippen molar-refractivity contribution in [1.29, 1.82) is 0 Å². The first-order valence-electron chi connectivity index (χ1n) is 9.80. The predicted molar refractivity (Wildman–Crippen MR) is 103 cm³/mol. The Morgan fingerprint density at radius 1 is 1.12 bits per heavy atom. The third kappa shape index (κ3) is 3.64. The highest BCUT2D eigenvalue weighted by molar-refractivity contribution is 5.84. The van der Waals surface area contributed by atoms with Crippen LogP contribution in [0.1, 0.15) is 37.7 Å². The Kier molecular flexibility index (Phi) is 5.00. The van der Waals surface area contributed by atoms with Crippen molar-refractivity contribution >= 4 is 16.8 Å². The van der Waals surface area contributed by atoms with Crippen LogP contribution < -0.4 is 5.73 Å². The number of aryl methyl sites for hydroxylation is 1. The summed E-state index contributed by atoms with van der Waals surface area (Å²) in [7, 11) is 0. The highest BCUT2D eigenvalue weighted by Gasteiger charge is 2.36. The summed E-state index contributed by atoms with van der Waals surface area (Å²) >= 11 is 0. The van der Waals surface area contributed by atoms with E-state index in [0.717, 1.165) is 19.8 Å². The van der Waals surface area contributed by atoms with Gasteiger partial charge < -0.3 is 15.0 Å². The molecule has 0 atom stereocenters. The minimum absolute atomic E-state index is 0.248. The quantitative estimate of drug-likeness (QED) is 0.897. The number of ether oxygens (including phenoxy) is 1. The minimum Gasteiger partial charge on any atom is -0.381 e. The number of fused-ring (bicyclic) bond motifs is 1. The molecular formula is C21H29N3O2. The van der Waals surface area contributed by atoms with Gasteiger partial charge in [0.05, 0.1) is 0 Å². The maximum absolute atomic E-state index is 11.2. The molecule has 1 aromatic carbocycles. The summed E-state index contributed by atoms with van der Waals surface area (Å²) in [4.78, 5) is 13.8. The molecule has 0 saturated carbocycles. The van der Waals surface area contributed by atoms with Crippen molar-refractivity contribution in [2.45, 2.75) is 45.2 Å². The van der Waals surface area contributed by atoms with E-state index in [2.05, 4.69) is 39.9 Å². The summed E-state index contributed by atoms with van der Waals surface area (Å²) in [5, 5.41) is 1.29. The first-order chi connectivity index (χ1) is 12.7. The lowest BCUT2D eigenvalue weighted by Gasteiger charge is -2.44. The number of aromatic nitrogens is 1. The van der Waals surface area contributed by atoms with Gasteiger partial charge in [0, 0.05) is 49.8 Å². The van der Waals surface area contributed by atoms with Gasteiger partial charge in [0.15, 0.2) is 0 Å².